The average Bonchev–Trinajstić information content (AvgIpc) is 2.88. The number of hydrogen-bond donors (Lipinski definition) is 0. The molecule has 0 radical (unpaired) electrons. The Kier molecular flexibility index (Phi) is 4.74. The Morgan fingerprint density at radius 2 is 1.93 bits per heavy atom. The molecule has 0 bridgehead atoms. The highest BCUT2D eigenvalue weighted by molar-refractivity contribution is 7.90. The molecule has 1 atom stereocenters. The summed E-state index contributed by atoms with van der Waals surface area (Å²) in [4.78, 5) is 19.5. The molecule has 0 saturated carbocycles. The zero-order chi connectivity index (χ0) is 20.1. The predicted molar refractivity (Wildman–Crippen MR) is 103 cm³/mol. The van der Waals surface area contributed by atoms with Gasteiger partial charge in [-0.3, -0.25) is 4.90 Å². The lowest BCUT2D eigenvalue weighted by Crippen LogP contribution is -2.46. The molecule has 3 rings (SSSR count). The minimum atomic E-state index is -3.30. The van der Waals surface area contributed by atoms with Gasteiger partial charge in [-0.05, 0) is 44.9 Å². The maximum atomic E-state index is 12.7. The summed E-state index contributed by atoms with van der Waals surface area (Å²) in [6, 6.07) is 4.74. The third kappa shape index (κ3) is 3.81. The molecule has 1 unspecified atom stereocenters. The number of nitrogens with zero attached hydrogens (tertiary/aromatic N) is 3. The lowest BCUT2D eigenvalue weighted by atomic mass is 10.0. The smallest absolute Gasteiger partial charge is 0.410 e. The van der Waals surface area contributed by atoms with Gasteiger partial charge in [-0.25, -0.2) is 18.2 Å². The van der Waals surface area contributed by atoms with Crippen molar-refractivity contribution in [1.29, 1.82) is 0 Å². The third-order valence-corrected chi connectivity index (χ3v) is 5.71. The number of benzene rings is 1. The number of aromatic nitrogens is 2. The van der Waals surface area contributed by atoms with Crippen LogP contribution in [0.5, 0.6) is 0 Å². The maximum absolute atomic E-state index is 12.7. The third-order valence-electron chi connectivity index (χ3n) is 4.60. The van der Waals surface area contributed by atoms with Gasteiger partial charge in [0.15, 0.2) is 9.84 Å². The molecular weight excluding hydrogens is 366 g/mol. The first-order chi connectivity index (χ1) is 12.4. The van der Waals surface area contributed by atoms with E-state index in [-0.39, 0.29) is 22.9 Å². The van der Waals surface area contributed by atoms with Gasteiger partial charge < -0.3 is 9.30 Å². The second kappa shape index (κ2) is 6.51. The van der Waals surface area contributed by atoms with Gasteiger partial charge >= 0.3 is 6.09 Å². The molecule has 0 spiro atoms. The standard InChI is InChI=1S/C19H27N3O4S/c1-12(2)16-17-20-14-8-7-13(27(6,24)25)11-15(14)21(17)9-10-22(16)18(23)26-19(3,4)5/h7-8,11-12,16H,9-10H2,1-6H3. The molecule has 0 aliphatic carbocycles. The summed E-state index contributed by atoms with van der Waals surface area (Å²) in [5, 5.41) is 0. The molecule has 148 valence electrons. The Hall–Kier alpha value is -2.09. The second-order valence-electron chi connectivity index (χ2n) is 8.41. The van der Waals surface area contributed by atoms with Gasteiger partial charge in [0.1, 0.15) is 11.4 Å². The molecule has 1 aromatic heterocycles. The van der Waals surface area contributed by atoms with Crippen LogP contribution in [0.3, 0.4) is 0 Å². The van der Waals surface area contributed by atoms with E-state index in [9.17, 15) is 13.2 Å². The van der Waals surface area contributed by atoms with Crippen LogP contribution in [0.1, 0.15) is 46.5 Å². The minimum absolute atomic E-state index is 0.128. The molecule has 2 heterocycles. The molecule has 0 N–H and O–H groups in total. The van der Waals surface area contributed by atoms with Gasteiger partial charge in [0, 0.05) is 19.3 Å². The number of amides is 1. The highest BCUT2D eigenvalue weighted by atomic mass is 32.2. The lowest BCUT2D eigenvalue weighted by molar-refractivity contribution is 0.00401. The van der Waals surface area contributed by atoms with Gasteiger partial charge in [-0.15, -0.1) is 0 Å². The monoisotopic (exact) mass is 393 g/mol. The number of fused-ring (bicyclic) bond motifs is 3. The van der Waals surface area contributed by atoms with Crippen LogP contribution in [0.25, 0.3) is 11.0 Å². The van der Waals surface area contributed by atoms with Crippen LogP contribution in [0, 0.1) is 5.92 Å². The van der Waals surface area contributed by atoms with E-state index in [0.717, 1.165) is 16.9 Å². The number of carbonyl (C=O) groups is 1. The van der Waals surface area contributed by atoms with Crippen LogP contribution in [0.15, 0.2) is 23.1 Å². The van der Waals surface area contributed by atoms with Gasteiger partial charge in [0.05, 0.1) is 22.0 Å². The summed E-state index contributed by atoms with van der Waals surface area (Å²) in [6.07, 6.45) is 0.847. The van der Waals surface area contributed by atoms with Crippen LogP contribution in [-0.2, 0) is 21.1 Å². The fourth-order valence-corrected chi connectivity index (χ4v) is 4.12. The van der Waals surface area contributed by atoms with Crippen molar-refractivity contribution in [2.45, 2.75) is 57.7 Å². The van der Waals surface area contributed by atoms with Crippen molar-refractivity contribution < 1.29 is 17.9 Å². The predicted octanol–water partition coefficient (Wildman–Crippen LogP) is 3.39. The Bertz CT molecular complexity index is 986. The van der Waals surface area contributed by atoms with Crippen LogP contribution < -0.4 is 0 Å². The molecule has 27 heavy (non-hydrogen) atoms. The molecular formula is C19H27N3O4S. The first kappa shape index (κ1) is 19.7. The molecule has 1 amide bonds. The number of carbonyl (C=O) groups excluding carboxylic acids is 1. The first-order valence-corrected chi connectivity index (χ1v) is 11.0. The molecule has 7 nitrogen and oxygen atoms in total. The minimum Gasteiger partial charge on any atom is -0.444 e. The largest absolute Gasteiger partial charge is 0.444 e. The highest BCUT2D eigenvalue weighted by Gasteiger charge is 2.37. The van der Waals surface area contributed by atoms with E-state index in [4.69, 9.17) is 9.72 Å². The van der Waals surface area contributed by atoms with E-state index in [0.29, 0.717) is 13.1 Å². The van der Waals surface area contributed by atoms with Crippen molar-refractivity contribution in [3.63, 3.8) is 0 Å². The molecule has 1 aliphatic rings. The molecule has 1 aliphatic heterocycles. The molecule has 2 aromatic rings. The Morgan fingerprint density at radius 1 is 1.26 bits per heavy atom. The van der Waals surface area contributed by atoms with E-state index in [1.54, 1.807) is 23.1 Å². The van der Waals surface area contributed by atoms with Gasteiger partial charge in [-0.1, -0.05) is 13.8 Å². The topological polar surface area (TPSA) is 81.5 Å². The van der Waals surface area contributed by atoms with Crippen molar-refractivity contribution in [3.8, 4) is 0 Å². The van der Waals surface area contributed by atoms with E-state index >= 15 is 0 Å². The second-order valence-corrected chi connectivity index (χ2v) is 10.4. The summed E-state index contributed by atoms with van der Waals surface area (Å²) < 4.78 is 31.4. The molecule has 0 fully saturated rings. The molecule has 8 heteroatoms. The van der Waals surface area contributed by atoms with Gasteiger partial charge in [-0.2, -0.15) is 0 Å². The van der Waals surface area contributed by atoms with Crippen LogP contribution in [-0.4, -0.2) is 47.4 Å². The van der Waals surface area contributed by atoms with Crippen LogP contribution in [0.2, 0.25) is 0 Å². The summed E-state index contributed by atoms with van der Waals surface area (Å²) >= 11 is 0. The van der Waals surface area contributed by atoms with E-state index in [2.05, 4.69) is 0 Å². The normalized spacial score (nSPS) is 18.0. The Balaban J connectivity index is 2.08. The summed E-state index contributed by atoms with van der Waals surface area (Å²) in [5.41, 5.74) is 0.942. The lowest BCUT2D eigenvalue weighted by Gasteiger charge is -2.38. The summed E-state index contributed by atoms with van der Waals surface area (Å²) in [6.45, 7) is 10.7. The number of hydrogen-bond acceptors (Lipinski definition) is 5. The SMILES string of the molecule is CC(C)C1c2nc3ccc(S(C)(=O)=O)cc3n2CCN1C(=O)OC(C)(C)C. The Morgan fingerprint density at radius 3 is 2.48 bits per heavy atom. The van der Waals surface area contributed by atoms with Crippen molar-refractivity contribution in [2.24, 2.45) is 5.92 Å². The van der Waals surface area contributed by atoms with E-state index in [1.165, 1.54) is 6.26 Å². The molecule has 0 saturated heterocycles. The zero-order valence-electron chi connectivity index (χ0n) is 16.7. The summed E-state index contributed by atoms with van der Waals surface area (Å²) in [7, 11) is -3.30. The fourth-order valence-electron chi connectivity index (χ4n) is 3.48. The van der Waals surface area contributed by atoms with Crippen LogP contribution >= 0.6 is 0 Å². The fraction of sp³-hybridized carbons (Fsp3) is 0.579. The van der Waals surface area contributed by atoms with Crippen molar-refractivity contribution in [1.82, 2.24) is 14.5 Å². The summed E-state index contributed by atoms with van der Waals surface area (Å²) in [5.74, 6) is 0.894. The van der Waals surface area contributed by atoms with E-state index < -0.39 is 15.4 Å². The molecule has 1 aromatic carbocycles. The highest BCUT2D eigenvalue weighted by Crippen LogP contribution is 2.35. The maximum Gasteiger partial charge on any atom is 0.410 e. The zero-order valence-corrected chi connectivity index (χ0v) is 17.5. The van der Waals surface area contributed by atoms with Crippen molar-refractivity contribution in [2.75, 3.05) is 12.8 Å². The van der Waals surface area contributed by atoms with Gasteiger partial charge in [0.2, 0.25) is 0 Å². The average molecular weight is 394 g/mol. The number of sulfone groups is 1. The number of rotatable bonds is 2. The first-order valence-electron chi connectivity index (χ1n) is 9.08. The quantitative estimate of drug-likeness (QED) is 0.781. The number of ether oxygens (including phenoxy) is 1. The van der Waals surface area contributed by atoms with Gasteiger partial charge in [0.25, 0.3) is 0 Å². The van der Waals surface area contributed by atoms with Crippen molar-refractivity contribution >= 4 is 27.0 Å². The van der Waals surface area contributed by atoms with E-state index in [1.807, 2.05) is 39.2 Å². The van der Waals surface area contributed by atoms with Crippen molar-refractivity contribution in [3.05, 3.63) is 24.0 Å². The Labute approximate surface area is 160 Å². The number of imidazole rings is 1. The van der Waals surface area contributed by atoms with Crippen LogP contribution in [0.4, 0.5) is 4.79 Å².